The van der Waals surface area contributed by atoms with E-state index in [1.165, 1.54) is 0 Å². The van der Waals surface area contributed by atoms with E-state index in [2.05, 4.69) is 23.8 Å². The number of aliphatic carboxylic acids is 1. The summed E-state index contributed by atoms with van der Waals surface area (Å²) in [6.45, 7) is 3.77. The topological polar surface area (TPSA) is 75.2 Å². The molecule has 2 rings (SSSR count). The molecule has 0 spiro atoms. The number of hydrogen-bond acceptors (Lipinski definition) is 3. The van der Waals surface area contributed by atoms with Gasteiger partial charge >= 0.3 is 5.97 Å². The Kier molecular flexibility index (Phi) is 2.99. The number of nitrogens with zero attached hydrogens (tertiary/aromatic N) is 1. The largest absolute Gasteiger partial charge is 0.482 e. The summed E-state index contributed by atoms with van der Waals surface area (Å²) >= 11 is 0. The van der Waals surface area contributed by atoms with Crippen LogP contribution in [0.5, 0.6) is 5.75 Å². The second kappa shape index (κ2) is 4.45. The predicted molar refractivity (Wildman–Crippen MR) is 63.3 cm³/mol. The third-order valence-corrected chi connectivity index (χ3v) is 2.38. The number of carboxylic acid groups (broad SMARTS) is 1. The van der Waals surface area contributed by atoms with E-state index < -0.39 is 5.97 Å². The zero-order valence-electron chi connectivity index (χ0n) is 9.73. The van der Waals surface area contributed by atoms with Gasteiger partial charge in [0.2, 0.25) is 0 Å². The normalized spacial score (nSPS) is 11.0. The van der Waals surface area contributed by atoms with E-state index in [0.29, 0.717) is 11.7 Å². The lowest BCUT2D eigenvalue weighted by molar-refractivity contribution is -0.139. The van der Waals surface area contributed by atoms with Gasteiger partial charge in [-0.3, -0.25) is 0 Å². The Balaban J connectivity index is 2.27. The third kappa shape index (κ3) is 2.55. The van der Waals surface area contributed by atoms with Crippen molar-refractivity contribution in [1.82, 2.24) is 9.97 Å². The first kappa shape index (κ1) is 11.4. The SMILES string of the molecule is CC(C)c1nc2ccc(OCC(=O)O)cc2[nH]1. The van der Waals surface area contributed by atoms with Gasteiger partial charge < -0.3 is 14.8 Å². The Morgan fingerprint density at radius 2 is 2.29 bits per heavy atom. The van der Waals surface area contributed by atoms with Crippen LogP contribution in [0.25, 0.3) is 11.0 Å². The molecule has 0 saturated carbocycles. The van der Waals surface area contributed by atoms with Crippen molar-refractivity contribution in [2.75, 3.05) is 6.61 Å². The van der Waals surface area contributed by atoms with Crippen LogP contribution in [-0.4, -0.2) is 27.7 Å². The summed E-state index contributed by atoms with van der Waals surface area (Å²) in [5.41, 5.74) is 1.72. The Hall–Kier alpha value is -2.04. The highest BCUT2D eigenvalue weighted by Crippen LogP contribution is 2.21. The monoisotopic (exact) mass is 234 g/mol. The van der Waals surface area contributed by atoms with E-state index in [9.17, 15) is 4.79 Å². The Morgan fingerprint density at radius 1 is 1.53 bits per heavy atom. The maximum absolute atomic E-state index is 10.4. The Bertz CT molecular complexity index is 546. The maximum Gasteiger partial charge on any atom is 0.341 e. The number of carbonyl (C=O) groups is 1. The van der Waals surface area contributed by atoms with Gasteiger partial charge in [-0.2, -0.15) is 0 Å². The average Bonchev–Trinajstić information content (AvgIpc) is 2.69. The molecule has 1 heterocycles. The second-order valence-corrected chi connectivity index (χ2v) is 4.14. The van der Waals surface area contributed by atoms with Gasteiger partial charge in [0.25, 0.3) is 0 Å². The highest BCUT2D eigenvalue weighted by molar-refractivity contribution is 5.77. The molecule has 5 nitrogen and oxygen atoms in total. The smallest absolute Gasteiger partial charge is 0.341 e. The fourth-order valence-electron chi connectivity index (χ4n) is 1.52. The highest BCUT2D eigenvalue weighted by Gasteiger charge is 2.07. The average molecular weight is 234 g/mol. The first-order chi connectivity index (χ1) is 8.06. The molecule has 0 radical (unpaired) electrons. The van der Waals surface area contributed by atoms with E-state index in [0.717, 1.165) is 16.9 Å². The van der Waals surface area contributed by atoms with Crippen molar-refractivity contribution in [2.24, 2.45) is 0 Å². The Labute approximate surface area is 98.4 Å². The number of imidazole rings is 1. The van der Waals surface area contributed by atoms with Crippen LogP contribution in [0.4, 0.5) is 0 Å². The minimum atomic E-state index is -0.988. The summed E-state index contributed by atoms with van der Waals surface area (Å²) in [6.07, 6.45) is 0. The number of nitrogens with one attached hydrogen (secondary N) is 1. The van der Waals surface area contributed by atoms with E-state index in [4.69, 9.17) is 9.84 Å². The molecule has 0 amide bonds. The van der Waals surface area contributed by atoms with Gasteiger partial charge in [0.1, 0.15) is 11.6 Å². The zero-order valence-corrected chi connectivity index (χ0v) is 9.73. The molecule has 0 unspecified atom stereocenters. The molecule has 0 aliphatic heterocycles. The molecule has 0 aliphatic rings. The van der Waals surface area contributed by atoms with Crippen LogP contribution in [0.15, 0.2) is 18.2 Å². The predicted octanol–water partition coefficient (Wildman–Crippen LogP) is 2.15. The van der Waals surface area contributed by atoms with Crippen molar-refractivity contribution in [1.29, 1.82) is 0 Å². The number of hydrogen-bond donors (Lipinski definition) is 2. The molecule has 17 heavy (non-hydrogen) atoms. The van der Waals surface area contributed by atoms with Gasteiger partial charge in [0, 0.05) is 12.0 Å². The fourth-order valence-corrected chi connectivity index (χ4v) is 1.52. The summed E-state index contributed by atoms with van der Waals surface area (Å²) in [6, 6.07) is 5.29. The number of carboxylic acids is 1. The molecule has 5 heteroatoms. The molecule has 0 fully saturated rings. The molecular formula is C12H14N2O3. The number of fused-ring (bicyclic) bond motifs is 1. The zero-order chi connectivity index (χ0) is 12.4. The van der Waals surface area contributed by atoms with Gasteiger partial charge in [-0.25, -0.2) is 9.78 Å². The molecular weight excluding hydrogens is 220 g/mol. The first-order valence-corrected chi connectivity index (χ1v) is 5.40. The van der Waals surface area contributed by atoms with Crippen LogP contribution in [0.2, 0.25) is 0 Å². The molecule has 90 valence electrons. The number of aromatic amines is 1. The van der Waals surface area contributed by atoms with Crippen molar-refractivity contribution >= 4 is 17.0 Å². The molecule has 1 aromatic heterocycles. The summed E-state index contributed by atoms with van der Waals surface area (Å²) in [7, 11) is 0. The van der Waals surface area contributed by atoms with Crippen LogP contribution in [0.3, 0.4) is 0 Å². The quantitative estimate of drug-likeness (QED) is 0.849. The lowest BCUT2D eigenvalue weighted by Gasteiger charge is -2.01. The minimum absolute atomic E-state index is 0.325. The standard InChI is InChI=1S/C12H14N2O3/c1-7(2)12-13-9-4-3-8(5-10(9)14-12)17-6-11(15)16/h3-5,7H,6H2,1-2H3,(H,13,14)(H,15,16). The van der Waals surface area contributed by atoms with E-state index >= 15 is 0 Å². The van der Waals surface area contributed by atoms with Gasteiger partial charge in [-0.05, 0) is 12.1 Å². The number of aromatic nitrogens is 2. The lowest BCUT2D eigenvalue weighted by Crippen LogP contribution is -2.09. The number of benzene rings is 1. The fraction of sp³-hybridized carbons (Fsp3) is 0.333. The highest BCUT2D eigenvalue weighted by atomic mass is 16.5. The van der Waals surface area contributed by atoms with Crippen molar-refractivity contribution in [3.8, 4) is 5.75 Å². The maximum atomic E-state index is 10.4. The van der Waals surface area contributed by atoms with Crippen LogP contribution >= 0.6 is 0 Å². The number of rotatable bonds is 4. The first-order valence-electron chi connectivity index (χ1n) is 5.40. The summed E-state index contributed by atoms with van der Waals surface area (Å²) in [5.74, 6) is 0.776. The van der Waals surface area contributed by atoms with Crippen LogP contribution < -0.4 is 4.74 Å². The van der Waals surface area contributed by atoms with Crippen molar-refractivity contribution in [3.05, 3.63) is 24.0 Å². The lowest BCUT2D eigenvalue weighted by atomic mass is 10.2. The molecule has 0 saturated heterocycles. The molecule has 2 aromatic rings. The van der Waals surface area contributed by atoms with Crippen molar-refractivity contribution < 1.29 is 14.6 Å². The molecule has 0 atom stereocenters. The molecule has 2 N–H and O–H groups in total. The van der Waals surface area contributed by atoms with Gasteiger partial charge in [-0.1, -0.05) is 13.8 Å². The molecule has 0 aliphatic carbocycles. The Morgan fingerprint density at radius 3 is 2.94 bits per heavy atom. The van der Waals surface area contributed by atoms with E-state index in [1.54, 1.807) is 12.1 Å². The van der Waals surface area contributed by atoms with Crippen molar-refractivity contribution in [2.45, 2.75) is 19.8 Å². The number of ether oxygens (including phenoxy) is 1. The van der Waals surface area contributed by atoms with Gasteiger partial charge in [0.15, 0.2) is 6.61 Å². The molecule has 0 bridgehead atoms. The van der Waals surface area contributed by atoms with Crippen LogP contribution in [0.1, 0.15) is 25.6 Å². The summed E-state index contributed by atoms with van der Waals surface area (Å²) in [4.78, 5) is 18.0. The van der Waals surface area contributed by atoms with Gasteiger partial charge in [-0.15, -0.1) is 0 Å². The minimum Gasteiger partial charge on any atom is -0.482 e. The van der Waals surface area contributed by atoms with Gasteiger partial charge in [0.05, 0.1) is 11.0 Å². The summed E-state index contributed by atoms with van der Waals surface area (Å²) < 4.78 is 5.10. The van der Waals surface area contributed by atoms with E-state index in [1.807, 2.05) is 6.07 Å². The third-order valence-electron chi connectivity index (χ3n) is 2.38. The van der Waals surface area contributed by atoms with Crippen LogP contribution in [-0.2, 0) is 4.79 Å². The molecule has 1 aromatic carbocycles. The van der Waals surface area contributed by atoms with Crippen molar-refractivity contribution in [3.63, 3.8) is 0 Å². The summed E-state index contributed by atoms with van der Waals surface area (Å²) in [5, 5.41) is 8.52. The van der Waals surface area contributed by atoms with E-state index in [-0.39, 0.29) is 6.61 Å². The second-order valence-electron chi connectivity index (χ2n) is 4.14. The van der Waals surface area contributed by atoms with Crippen LogP contribution in [0, 0.1) is 0 Å². The number of H-pyrrole nitrogens is 1.